The fourth-order valence-corrected chi connectivity index (χ4v) is 2.56. The number of likely N-dealkylation sites (N-methyl/N-ethyl adjacent to an activating group) is 1. The fraction of sp³-hybridized carbons (Fsp3) is 0.429. The zero-order valence-electron chi connectivity index (χ0n) is 11.4. The number of fused-ring (bicyclic) bond motifs is 1. The molecule has 2 aromatic heterocycles. The molecule has 3 heterocycles. The number of amides is 1. The Kier molecular flexibility index (Phi) is 3.17. The summed E-state index contributed by atoms with van der Waals surface area (Å²) in [4.78, 5) is 18.4. The molecule has 1 fully saturated rings. The second kappa shape index (κ2) is 4.86. The second-order valence-corrected chi connectivity index (χ2v) is 5.01. The molecule has 0 saturated carbocycles. The summed E-state index contributed by atoms with van der Waals surface area (Å²) in [5, 5.41) is 0. The Labute approximate surface area is 116 Å². The third kappa shape index (κ3) is 1.96. The van der Waals surface area contributed by atoms with Crippen molar-refractivity contribution in [3.05, 3.63) is 35.8 Å². The molecule has 106 valence electrons. The van der Waals surface area contributed by atoms with E-state index in [-0.39, 0.29) is 19.1 Å². The Morgan fingerprint density at radius 3 is 3.00 bits per heavy atom. The van der Waals surface area contributed by atoms with Gasteiger partial charge in [-0.25, -0.2) is 9.37 Å². The molecule has 0 spiro atoms. The van der Waals surface area contributed by atoms with Crippen molar-refractivity contribution in [3.8, 4) is 0 Å². The molecule has 1 saturated heterocycles. The van der Waals surface area contributed by atoms with Gasteiger partial charge in [0, 0.05) is 13.2 Å². The lowest BCUT2D eigenvalue weighted by Gasteiger charge is -2.24. The van der Waals surface area contributed by atoms with E-state index in [1.807, 2.05) is 18.2 Å². The van der Waals surface area contributed by atoms with Gasteiger partial charge in [-0.1, -0.05) is 6.07 Å². The largest absolute Gasteiger partial charge is 0.376 e. The van der Waals surface area contributed by atoms with Crippen LogP contribution in [0.15, 0.2) is 24.4 Å². The van der Waals surface area contributed by atoms with E-state index in [4.69, 9.17) is 4.74 Å². The molecule has 0 unspecified atom stereocenters. The van der Waals surface area contributed by atoms with Crippen LogP contribution >= 0.6 is 0 Å². The third-order valence-corrected chi connectivity index (χ3v) is 3.71. The van der Waals surface area contributed by atoms with E-state index in [1.54, 1.807) is 24.6 Å². The molecule has 5 nitrogen and oxygen atoms in total. The first kappa shape index (κ1) is 13.1. The van der Waals surface area contributed by atoms with Crippen molar-refractivity contribution in [1.82, 2.24) is 14.3 Å². The van der Waals surface area contributed by atoms with Gasteiger partial charge < -0.3 is 9.64 Å². The molecule has 1 amide bonds. The maximum absolute atomic E-state index is 13.7. The van der Waals surface area contributed by atoms with Crippen LogP contribution in [0.3, 0.4) is 0 Å². The molecule has 3 rings (SSSR count). The van der Waals surface area contributed by atoms with Crippen LogP contribution in [0.2, 0.25) is 0 Å². The number of aryl methyl sites for hydroxylation is 1. The predicted molar refractivity (Wildman–Crippen MR) is 71.5 cm³/mol. The number of carbonyl (C=O) groups excluding carboxylic acids is 1. The maximum atomic E-state index is 13.7. The van der Waals surface area contributed by atoms with Crippen LogP contribution in [-0.2, 0) is 4.74 Å². The number of hydrogen-bond donors (Lipinski definition) is 0. The van der Waals surface area contributed by atoms with Gasteiger partial charge in [0.15, 0.2) is 0 Å². The molecule has 0 radical (unpaired) electrons. The van der Waals surface area contributed by atoms with Crippen LogP contribution in [0, 0.1) is 6.92 Å². The van der Waals surface area contributed by atoms with Crippen molar-refractivity contribution in [1.29, 1.82) is 0 Å². The first-order valence-corrected chi connectivity index (χ1v) is 6.52. The Balaban J connectivity index is 1.98. The number of hydrogen-bond acceptors (Lipinski definition) is 3. The summed E-state index contributed by atoms with van der Waals surface area (Å²) in [6.45, 7) is 2.07. The Morgan fingerprint density at radius 2 is 2.30 bits per heavy atom. The lowest BCUT2D eigenvalue weighted by molar-refractivity contribution is 0.0664. The van der Waals surface area contributed by atoms with Crippen molar-refractivity contribution >= 4 is 11.6 Å². The normalized spacial score (nSPS) is 22.4. The molecular formula is C14H16FN3O2. The average Bonchev–Trinajstić information content (AvgIpc) is 2.99. The number of nitrogens with zero attached hydrogens (tertiary/aromatic N) is 3. The molecule has 2 aromatic rings. The summed E-state index contributed by atoms with van der Waals surface area (Å²) in [5.41, 5.74) is 1.82. The zero-order chi connectivity index (χ0) is 14.3. The van der Waals surface area contributed by atoms with Gasteiger partial charge in [-0.05, 0) is 19.1 Å². The number of rotatable bonds is 2. The van der Waals surface area contributed by atoms with Crippen LogP contribution < -0.4 is 0 Å². The summed E-state index contributed by atoms with van der Waals surface area (Å²) in [7, 11) is 1.61. The number of halogens is 1. The van der Waals surface area contributed by atoms with Crippen molar-refractivity contribution < 1.29 is 13.9 Å². The van der Waals surface area contributed by atoms with Crippen LogP contribution in [-0.4, -0.2) is 52.7 Å². The minimum atomic E-state index is -1.14. The number of pyridine rings is 1. The Hall–Kier alpha value is -1.95. The predicted octanol–water partition coefficient (Wildman–Crippen LogP) is 1.45. The highest BCUT2D eigenvalue weighted by atomic mass is 19.1. The van der Waals surface area contributed by atoms with Crippen molar-refractivity contribution in [2.75, 3.05) is 20.3 Å². The van der Waals surface area contributed by atoms with E-state index >= 15 is 0 Å². The van der Waals surface area contributed by atoms with E-state index in [1.165, 1.54) is 4.90 Å². The Bertz CT molecular complexity index is 655. The summed E-state index contributed by atoms with van der Waals surface area (Å²) in [6.07, 6.45) is 0.650. The number of ether oxygens (including phenoxy) is 1. The van der Waals surface area contributed by atoms with Crippen molar-refractivity contribution in [2.45, 2.75) is 19.1 Å². The molecule has 0 aromatic carbocycles. The van der Waals surface area contributed by atoms with Crippen LogP contribution in [0.25, 0.3) is 5.65 Å². The third-order valence-electron chi connectivity index (χ3n) is 3.71. The average molecular weight is 277 g/mol. The highest BCUT2D eigenvalue weighted by Crippen LogP contribution is 2.19. The number of imidazole rings is 1. The van der Waals surface area contributed by atoms with Crippen LogP contribution in [0.4, 0.5) is 4.39 Å². The molecule has 1 aliphatic heterocycles. The van der Waals surface area contributed by atoms with Gasteiger partial charge in [-0.15, -0.1) is 0 Å². The monoisotopic (exact) mass is 277 g/mol. The van der Waals surface area contributed by atoms with Gasteiger partial charge in [-0.2, -0.15) is 0 Å². The lowest BCUT2D eigenvalue weighted by atomic mass is 10.2. The minimum absolute atomic E-state index is 0.0500. The quantitative estimate of drug-likeness (QED) is 0.834. The molecule has 1 aliphatic rings. The minimum Gasteiger partial charge on any atom is -0.376 e. The molecule has 0 bridgehead atoms. The molecule has 20 heavy (non-hydrogen) atoms. The fourth-order valence-electron chi connectivity index (χ4n) is 2.56. The molecular weight excluding hydrogens is 261 g/mol. The molecule has 2 atom stereocenters. The summed E-state index contributed by atoms with van der Waals surface area (Å²) in [5.74, 6) is -0.237. The number of aromatic nitrogens is 2. The van der Waals surface area contributed by atoms with E-state index in [9.17, 15) is 9.18 Å². The van der Waals surface area contributed by atoms with Gasteiger partial charge >= 0.3 is 0 Å². The maximum Gasteiger partial charge on any atom is 0.272 e. The summed E-state index contributed by atoms with van der Waals surface area (Å²) in [6, 6.07) is 5.00. The lowest BCUT2D eigenvalue weighted by Crippen LogP contribution is -2.43. The zero-order valence-corrected chi connectivity index (χ0v) is 11.4. The molecule has 0 N–H and O–H groups in total. The van der Waals surface area contributed by atoms with E-state index in [0.29, 0.717) is 17.0 Å². The van der Waals surface area contributed by atoms with Crippen LogP contribution in [0.1, 0.15) is 16.2 Å². The first-order valence-electron chi connectivity index (χ1n) is 6.52. The Morgan fingerprint density at radius 1 is 1.50 bits per heavy atom. The van der Waals surface area contributed by atoms with Gasteiger partial charge in [0.25, 0.3) is 5.91 Å². The van der Waals surface area contributed by atoms with Gasteiger partial charge in [0.1, 0.15) is 17.5 Å². The van der Waals surface area contributed by atoms with Crippen molar-refractivity contribution in [3.63, 3.8) is 0 Å². The smallest absolute Gasteiger partial charge is 0.272 e. The SMILES string of the molecule is Cc1nc2ccccn2c1C(=O)N(C)[C@@H]1COC[C@H]1F. The molecule has 0 aliphatic carbocycles. The summed E-state index contributed by atoms with van der Waals surface area (Å²) >= 11 is 0. The summed E-state index contributed by atoms with van der Waals surface area (Å²) < 4.78 is 20.5. The number of alkyl halides is 1. The topological polar surface area (TPSA) is 46.8 Å². The molecule has 6 heteroatoms. The van der Waals surface area contributed by atoms with Gasteiger partial charge in [-0.3, -0.25) is 9.20 Å². The van der Waals surface area contributed by atoms with Crippen molar-refractivity contribution in [2.24, 2.45) is 0 Å². The van der Waals surface area contributed by atoms with E-state index < -0.39 is 12.2 Å². The second-order valence-electron chi connectivity index (χ2n) is 5.01. The first-order chi connectivity index (χ1) is 9.59. The highest BCUT2D eigenvalue weighted by molar-refractivity contribution is 5.94. The van der Waals surface area contributed by atoms with Gasteiger partial charge in [0.05, 0.1) is 24.9 Å². The van der Waals surface area contributed by atoms with E-state index in [2.05, 4.69) is 4.98 Å². The highest BCUT2D eigenvalue weighted by Gasteiger charge is 2.35. The van der Waals surface area contributed by atoms with Crippen LogP contribution in [0.5, 0.6) is 0 Å². The van der Waals surface area contributed by atoms with E-state index in [0.717, 1.165) is 0 Å². The van der Waals surface area contributed by atoms with Gasteiger partial charge in [0.2, 0.25) is 0 Å². The standard InChI is InChI=1S/C14H16FN3O2/c1-9-13(18-6-4-3-5-12(18)16-9)14(19)17(2)11-8-20-7-10(11)15/h3-6,10-11H,7-8H2,1-2H3/t10-,11-/m1/s1. The number of carbonyl (C=O) groups is 1.